The largest absolute Gasteiger partial charge is 0.492 e. The lowest BCUT2D eigenvalue weighted by Crippen LogP contribution is -2.27. The van der Waals surface area contributed by atoms with Crippen LogP contribution in [-0.2, 0) is 0 Å². The van der Waals surface area contributed by atoms with Gasteiger partial charge in [0, 0.05) is 17.1 Å². The van der Waals surface area contributed by atoms with Gasteiger partial charge in [0.15, 0.2) is 0 Å². The van der Waals surface area contributed by atoms with Crippen LogP contribution in [0.3, 0.4) is 0 Å². The van der Waals surface area contributed by atoms with Gasteiger partial charge in [-0.25, -0.2) is 0 Å². The Kier molecular flexibility index (Phi) is 8.39. The first-order valence-corrected chi connectivity index (χ1v) is 11.0. The molecule has 0 aromatic heterocycles. The molecule has 3 aromatic carbocycles. The summed E-state index contributed by atoms with van der Waals surface area (Å²) in [4.78, 5) is 2.34. The van der Waals surface area contributed by atoms with Crippen molar-refractivity contribution in [3.05, 3.63) is 101 Å². The second kappa shape index (κ2) is 11.2. The van der Waals surface area contributed by atoms with Crippen LogP contribution in [0.15, 0.2) is 78.9 Å². The molecule has 0 aliphatic carbocycles. The van der Waals surface area contributed by atoms with Gasteiger partial charge in [0.05, 0.1) is 5.03 Å². The fourth-order valence-electron chi connectivity index (χ4n) is 3.32. The van der Waals surface area contributed by atoms with Crippen LogP contribution in [0.2, 0.25) is 5.02 Å². The van der Waals surface area contributed by atoms with E-state index in [-0.39, 0.29) is 0 Å². The summed E-state index contributed by atoms with van der Waals surface area (Å²) in [6.45, 7) is 8.00. The Balaban J connectivity index is 1.88. The molecule has 0 heterocycles. The third-order valence-corrected chi connectivity index (χ3v) is 5.75. The van der Waals surface area contributed by atoms with Crippen molar-refractivity contribution in [3.63, 3.8) is 0 Å². The van der Waals surface area contributed by atoms with Crippen LogP contribution in [0.25, 0.3) is 10.6 Å². The summed E-state index contributed by atoms with van der Waals surface area (Å²) in [6.07, 6.45) is 0. The Morgan fingerprint density at radius 1 is 0.767 bits per heavy atom. The van der Waals surface area contributed by atoms with Gasteiger partial charge in [-0.15, -0.1) is 0 Å². The highest BCUT2D eigenvalue weighted by molar-refractivity contribution is 6.53. The van der Waals surface area contributed by atoms with E-state index < -0.39 is 0 Å². The molecule has 0 saturated heterocycles. The van der Waals surface area contributed by atoms with E-state index in [1.54, 1.807) is 0 Å². The van der Waals surface area contributed by atoms with Gasteiger partial charge in [-0.3, -0.25) is 0 Å². The van der Waals surface area contributed by atoms with Crippen molar-refractivity contribution in [2.45, 2.75) is 13.8 Å². The lowest BCUT2D eigenvalue weighted by molar-refractivity contribution is 0.223. The minimum absolute atomic E-state index is 0.675. The summed E-state index contributed by atoms with van der Waals surface area (Å²) in [5.41, 5.74) is 4.01. The monoisotopic (exact) mass is 439 g/mol. The molecule has 4 heteroatoms. The van der Waals surface area contributed by atoms with Crippen LogP contribution < -0.4 is 4.74 Å². The highest BCUT2D eigenvalue weighted by atomic mass is 35.5. The molecule has 30 heavy (non-hydrogen) atoms. The van der Waals surface area contributed by atoms with E-state index in [9.17, 15) is 0 Å². The SMILES string of the molecule is CCN(CC)CCOc1ccc(/C(=C(/Cl)c2ccc(Cl)cc2)c2ccccc2)cc1. The Bertz CT molecular complexity index is 947. The lowest BCUT2D eigenvalue weighted by atomic mass is 9.95. The van der Waals surface area contributed by atoms with E-state index in [0.717, 1.165) is 47.6 Å². The first-order valence-electron chi connectivity index (χ1n) is 10.3. The van der Waals surface area contributed by atoms with E-state index in [2.05, 4.69) is 43.0 Å². The topological polar surface area (TPSA) is 12.5 Å². The van der Waals surface area contributed by atoms with Crippen molar-refractivity contribution in [3.8, 4) is 5.75 Å². The molecule has 0 radical (unpaired) electrons. The van der Waals surface area contributed by atoms with Crippen LogP contribution >= 0.6 is 23.2 Å². The van der Waals surface area contributed by atoms with E-state index in [0.29, 0.717) is 16.7 Å². The van der Waals surface area contributed by atoms with Crippen LogP contribution in [0.5, 0.6) is 5.75 Å². The first kappa shape index (κ1) is 22.4. The molecule has 3 aromatic rings. The van der Waals surface area contributed by atoms with Gasteiger partial charge in [-0.1, -0.05) is 91.6 Å². The molecule has 0 aliphatic heterocycles. The summed E-state index contributed by atoms with van der Waals surface area (Å²) in [7, 11) is 0. The number of likely N-dealkylation sites (N-methyl/N-ethyl adjacent to an activating group) is 1. The average molecular weight is 440 g/mol. The maximum Gasteiger partial charge on any atom is 0.119 e. The molecule has 0 unspecified atom stereocenters. The molecule has 2 nitrogen and oxygen atoms in total. The van der Waals surface area contributed by atoms with Crippen LogP contribution in [0.1, 0.15) is 30.5 Å². The summed E-state index contributed by atoms with van der Waals surface area (Å²) in [6, 6.07) is 25.9. The maximum absolute atomic E-state index is 6.88. The first-order chi connectivity index (χ1) is 14.6. The van der Waals surface area contributed by atoms with Crippen molar-refractivity contribution in [1.29, 1.82) is 0 Å². The highest BCUT2D eigenvalue weighted by Crippen LogP contribution is 2.35. The zero-order valence-electron chi connectivity index (χ0n) is 17.4. The Hall–Kier alpha value is -2.26. The second-order valence-electron chi connectivity index (χ2n) is 6.96. The van der Waals surface area contributed by atoms with Gasteiger partial charge >= 0.3 is 0 Å². The van der Waals surface area contributed by atoms with E-state index in [1.807, 2.05) is 54.6 Å². The fraction of sp³-hybridized carbons (Fsp3) is 0.231. The zero-order valence-corrected chi connectivity index (χ0v) is 19.0. The number of hydrogen-bond acceptors (Lipinski definition) is 2. The van der Waals surface area contributed by atoms with Crippen LogP contribution in [0.4, 0.5) is 0 Å². The number of nitrogens with zero attached hydrogens (tertiary/aromatic N) is 1. The molecular weight excluding hydrogens is 413 g/mol. The molecule has 0 fully saturated rings. The minimum atomic E-state index is 0.675. The quantitative estimate of drug-likeness (QED) is 0.326. The van der Waals surface area contributed by atoms with E-state index in [4.69, 9.17) is 27.9 Å². The number of rotatable bonds is 9. The van der Waals surface area contributed by atoms with Crippen molar-refractivity contribution in [2.75, 3.05) is 26.2 Å². The van der Waals surface area contributed by atoms with Crippen molar-refractivity contribution in [2.24, 2.45) is 0 Å². The number of ether oxygens (including phenoxy) is 1. The molecular formula is C26H27Cl2NO. The molecule has 0 saturated carbocycles. The number of benzene rings is 3. The van der Waals surface area contributed by atoms with Crippen molar-refractivity contribution < 1.29 is 4.74 Å². The van der Waals surface area contributed by atoms with E-state index in [1.165, 1.54) is 0 Å². The Morgan fingerprint density at radius 2 is 1.33 bits per heavy atom. The second-order valence-corrected chi connectivity index (χ2v) is 7.78. The smallest absolute Gasteiger partial charge is 0.119 e. The maximum atomic E-state index is 6.88. The van der Waals surface area contributed by atoms with Crippen LogP contribution in [-0.4, -0.2) is 31.1 Å². The van der Waals surface area contributed by atoms with Gasteiger partial charge in [0.25, 0.3) is 0 Å². The normalized spacial score (nSPS) is 12.0. The Labute approximate surface area is 189 Å². The summed E-state index contributed by atoms with van der Waals surface area (Å²) < 4.78 is 5.93. The van der Waals surface area contributed by atoms with Crippen molar-refractivity contribution >= 4 is 33.8 Å². The highest BCUT2D eigenvalue weighted by Gasteiger charge is 2.13. The Morgan fingerprint density at radius 3 is 1.93 bits per heavy atom. The molecule has 0 aliphatic rings. The molecule has 0 atom stereocenters. The molecule has 0 bridgehead atoms. The standard InChI is InChI=1S/C26H27Cl2NO/c1-3-29(4-2)18-19-30-24-16-12-21(13-17-24)25(20-8-6-5-7-9-20)26(28)22-10-14-23(27)15-11-22/h5-17H,3-4,18-19H2,1-2H3/b26-25+. The van der Waals surface area contributed by atoms with Gasteiger partial charge in [-0.2, -0.15) is 0 Å². The van der Waals surface area contributed by atoms with Gasteiger partial charge < -0.3 is 9.64 Å². The fourth-order valence-corrected chi connectivity index (χ4v) is 3.79. The number of hydrogen-bond donors (Lipinski definition) is 0. The zero-order chi connectivity index (χ0) is 21.3. The average Bonchev–Trinajstić information content (AvgIpc) is 2.79. The van der Waals surface area contributed by atoms with Gasteiger partial charge in [0.1, 0.15) is 12.4 Å². The number of halogens is 2. The van der Waals surface area contributed by atoms with Gasteiger partial charge in [0.2, 0.25) is 0 Å². The molecule has 156 valence electrons. The molecule has 0 spiro atoms. The third-order valence-electron chi connectivity index (χ3n) is 5.09. The molecule has 0 amide bonds. The predicted octanol–water partition coefficient (Wildman–Crippen LogP) is 7.22. The summed E-state index contributed by atoms with van der Waals surface area (Å²) in [5.74, 6) is 0.862. The predicted molar refractivity (Wildman–Crippen MR) is 129 cm³/mol. The van der Waals surface area contributed by atoms with Crippen molar-refractivity contribution in [1.82, 2.24) is 4.90 Å². The third kappa shape index (κ3) is 5.89. The van der Waals surface area contributed by atoms with Gasteiger partial charge in [-0.05, 0) is 54.0 Å². The molecule has 0 N–H and O–H groups in total. The molecule has 3 rings (SSSR count). The summed E-state index contributed by atoms with van der Waals surface area (Å²) in [5, 5.41) is 1.38. The summed E-state index contributed by atoms with van der Waals surface area (Å²) >= 11 is 12.9. The minimum Gasteiger partial charge on any atom is -0.492 e. The van der Waals surface area contributed by atoms with Crippen LogP contribution in [0, 0.1) is 0 Å². The lowest BCUT2D eigenvalue weighted by Gasteiger charge is -2.18. The van der Waals surface area contributed by atoms with E-state index >= 15 is 0 Å².